The molecule has 0 bridgehead atoms. The van der Waals surface area contributed by atoms with Gasteiger partial charge in [0.2, 0.25) is 0 Å². The van der Waals surface area contributed by atoms with Crippen molar-refractivity contribution in [3.05, 3.63) is 0 Å². The van der Waals surface area contributed by atoms with Crippen molar-refractivity contribution in [1.29, 1.82) is 0 Å². The maximum absolute atomic E-state index is 13.4. The fourth-order valence-corrected chi connectivity index (χ4v) is 1.28. The summed E-state index contributed by atoms with van der Waals surface area (Å²) in [5.74, 6) is -10.5. The number of hydrogen-bond donors (Lipinski definition) is 1. The molecular weight excluding hydrogens is 876 g/mol. The molecular formula is C19H31BrF24O5S. The first-order chi connectivity index (χ1) is 19.6. The van der Waals surface area contributed by atoms with Crippen molar-refractivity contribution in [3.8, 4) is 0 Å². The van der Waals surface area contributed by atoms with Crippen LogP contribution in [-0.4, -0.2) is 99.4 Å². The maximum atomic E-state index is 13.4. The first kappa shape index (κ1) is 70.2. The van der Waals surface area contributed by atoms with Crippen LogP contribution in [0, 0.1) is 0 Å². The summed E-state index contributed by atoms with van der Waals surface area (Å²) in [4.78, 5) is 0. The number of rotatable bonds is 8. The molecule has 0 amide bonds. The summed E-state index contributed by atoms with van der Waals surface area (Å²) in [7, 11) is -6.87. The van der Waals surface area contributed by atoms with Gasteiger partial charge < -0.3 is 4.74 Å². The molecule has 0 saturated heterocycles. The van der Waals surface area contributed by atoms with Crippen LogP contribution in [0.25, 0.3) is 0 Å². The molecule has 0 spiro atoms. The molecule has 0 aliphatic heterocycles. The van der Waals surface area contributed by atoms with Crippen molar-refractivity contribution in [1.82, 2.24) is 0 Å². The van der Waals surface area contributed by atoms with Crippen LogP contribution in [0.5, 0.6) is 0 Å². The second-order valence-electron chi connectivity index (χ2n) is 6.83. The summed E-state index contributed by atoms with van der Waals surface area (Å²) in [6.07, 6.45) is -36.4. The molecule has 50 heavy (non-hydrogen) atoms. The zero-order chi connectivity index (χ0) is 39.2. The molecule has 31 heteroatoms. The Bertz CT molecular complexity index is 895. The van der Waals surface area contributed by atoms with Gasteiger partial charge in [0.15, 0.2) is 13.3 Å². The van der Waals surface area contributed by atoms with Crippen molar-refractivity contribution in [2.24, 2.45) is 0 Å². The van der Waals surface area contributed by atoms with Crippen LogP contribution in [0.1, 0.15) is 36.6 Å². The third kappa shape index (κ3) is 30.3. The van der Waals surface area contributed by atoms with E-state index in [1.165, 1.54) is 0 Å². The number of hydrogen-bond acceptors (Lipinski definition) is 4. The molecule has 0 aromatic carbocycles. The van der Waals surface area contributed by atoms with Crippen LogP contribution in [0.4, 0.5) is 105 Å². The lowest BCUT2D eigenvalue weighted by molar-refractivity contribution is -0.516. The molecule has 318 valence electrons. The van der Waals surface area contributed by atoms with Gasteiger partial charge in [-0.15, -0.1) is 0 Å². The van der Waals surface area contributed by atoms with Gasteiger partial charge in [-0.25, -0.2) is 17.6 Å². The molecule has 0 aromatic rings. The summed E-state index contributed by atoms with van der Waals surface area (Å²) >= 11 is 2.24. The van der Waals surface area contributed by atoms with Gasteiger partial charge in [0.05, 0.1) is 12.5 Å². The molecule has 0 rings (SSSR count). The molecule has 0 radical (unpaired) electrons. The quantitative estimate of drug-likeness (QED) is 0.149. The van der Waals surface area contributed by atoms with Crippen molar-refractivity contribution in [2.75, 3.05) is 32.5 Å². The minimum atomic E-state index is -7.46. The van der Waals surface area contributed by atoms with E-state index in [1.54, 1.807) is 4.74 Å². The van der Waals surface area contributed by atoms with Gasteiger partial charge in [0.1, 0.15) is 6.61 Å². The zero-order valence-electron chi connectivity index (χ0n) is 21.3. The van der Waals surface area contributed by atoms with Crippen LogP contribution in [0.2, 0.25) is 0 Å². The Hall–Kier alpha value is -1.37. The summed E-state index contributed by atoms with van der Waals surface area (Å²) in [5, 5.41) is -8.04. The van der Waals surface area contributed by atoms with Crippen molar-refractivity contribution >= 4 is 26.0 Å². The van der Waals surface area contributed by atoms with Crippen LogP contribution in [0.3, 0.4) is 0 Å². The van der Waals surface area contributed by atoms with Gasteiger partial charge in [-0.2, -0.15) is 91.8 Å². The van der Waals surface area contributed by atoms with Crippen molar-refractivity contribution in [3.63, 3.8) is 0 Å². The SMILES string of the molecule is C.C.C.C.CC(F)(F)CF.CF.FC(F)(F)CBr.FCC(F)(F)F.O=S(=O)(O)C(F)(F)C(F)(F)OC(F)(C(F)(F)F)C(F)(F)OCC(F)(F)F. The molecule has 0 aliphatic carbocycles. The van der Waals surface area contributed by atoms with E-state index in [2.05, 4.69) is 20.7 Å². The van der Waals surface area contributed by atoms with E-state index in [4.69, 9.17) is 4.55 Å². The average molecular weight is 907 g/mol. The fraction of sp³-hybridized carbons (Fsp3) is 1.00. The van der Waals surface area contributed by atoms with Gasteiger partial charge >= 0.3 is 58.1 Å². The molecule has 0 saturated carbocycles. The van der Waals surface area contributed by atoms with E-state index in [0.717, 1.165) is 0 Å². The maximum Gasteiger partial charge on any atom is 0.460 e. The Morgan fingerprint density at radius 1 is 0.580 bits per heavy atom. The summed E-state index contributed by atoms with van der Waals surface area (Å²) in [6.45, 7) is -6.64. The molecule has 0 aromatic heterocycles. The second-order valence-corrected chi connectivity index (χ2v) is 8.85. The van der Waals surface area contributed by atoms with Crippen LogP contribution in [0.15, 0.2) is 0 Å². The van der Waals surface area contributed by atoms with Crippen LogP contribution in [-0.2, 0) is 19.6 Å². The Morgan fingerprint density at radius 2 is 0.840 bits per heavy atom. The van der Waals surface area contributed by atoms with Gasteiger partial charge in [0, 0.05) is 6.92 Å². The Balaban J connectivity index is -0.0000000822. The van der Waals surface area contributed by atoms with Crippen LogP contribution < -0.4 is 0 Å². The minimum absolute atomic E-state index is 0. The predicted octanol–water partition coefficient (Wildman–Crippen LogP) is 11.7. The highest BCUT2D eigenvalue weighted by molar-refractivity contribution is 9.09. The van der Waals surface area contributed by atoms with Gasteiger partial charge in [0.25, 0.3) is 5.92 Å². The topological polar surface area (TPSA) is 72.8 Å². The number of ether oxygens (including phenoxy) is 2. The molecule has 0 fully saturated rings. The molecule has 1 N–H and O–H groups in total. The smallest absolute Gasteiger partial charge is 0.306 e. The molecule has 1 unspecified atom stereocenters. The first-order valence-corrected chi connectivity index (χ1v) is 12.0. The lowest BCUT2D eigenvalue weighted by atomic mass is 10.2. The molecule has 0 aliphatic rings. The Morgan fingerprint density at radius 3 is 0.980 bits per heavy atom. The van der Waals surface area contributed by atoms with Crippen molar-refractivity contribution < 1.29 is 128 Å². The average Bonchev–Trinajstić information content (AvgIpc) is 2.81. The van der Waals surface area contributed by atoms with Crippen molar-refractivity contribution in [2.45, 2.75) is 90.6 Å². The second kappa shape index (κ2) is 24.8. The van der Waals surface area contributed by atoms with E-state index in [-0.39, 0.29) is 29.7 Å². The largest absolute Gasteiger partial charge is 0.460 e. The number of alkyl halides is 25. The monoisotopic (exact) mass is 906 g/mol. The first-order valence-electron chi connectivity index (χ1n) is 9.43. The normalized spacial score (nSPS) is 13.8. The van der Waals surface area contributed by atoms with Crippen LogP contribution >= 0.6 is 15.9 Å². The molecule has 1 atom stereocenters. The Kier molecular flexibility index (Phi) is 34.8. The zero-order valence-corrected chi connectivity index (χ0v) is 23.7. The molecule has 0 heterocycles. The van der Waals surface area contributed by atoms with E-state index in [9.17, 15) is 114 Å². The lowest BCUT2D eigenvalue weighted by Gasteiger charge is -2.37. The highest BCUT2D eigenvalue weighted by Gasteiger charge is 2.81. The molecule has 5 nitrogen and oxygen atoms in total. The third-order valence-electron chi connectivity index (χ3n) is 2.63. The minimum Gasteiger partial charge on any atom is -0.306 e. The lowest BCUT2D eigenvalue weighted by Crippen LogP contribution is -2.64. The van der Waals surface area contributed by atoms with E-state index in [1.807, 2.05) is 0 Å². The van der Waals surface area contributed by atoms with Gasteiger partial charge in [-0.1, -0.05) is 45.6 Å². The summed E-state index contributed by atoms with van der Waals surface area (Å²) in [5.41, 5.74) is 0. The Labute approximate surface area is 277 Å². The summed E-state index contributed by atoms with van der Waals surface area (Å²) < 4.78 is 310. The highest BCUT2D eigenvalue weighted by atomic mass is 79.9. The number of halogens is 25. The van der Waals surface area contributed by atoms with E-state index in [0.29, 0.717) is 14.1 Å². The third-order valence-corrected chi connectivity index (χ3v) is 4.15. The van der Waals surface area contributed by atoms with Gasteiger partial charge in [-0.3, -0.25) is 13.7 Å². The van der Waals surface area contributed by atoms with E-state index < -0.39 is 89.4 Å². The highest BCUT2D eigenvalue weighted by Crippen LogP contribution is 2.53. The van der Waals surface area contributed by atoms with Gasteiger partial charge in [-0.05, 0) is 0 Å². The predicted molar refractivity (Wildman–Crippen MR) is 132 cm³/mol. The van der Waals surface area contributed by atoms with E-state index >= 15 is 0 Å². The summed E-state index contributed by atoms with van der Waals surface area (Å²) in [6, 6.07) is 0. The standard InChI is InChI=1S/C7H3F13O5S.C3H5F3.C2H2BrF3.C2H2F4.CH3F.4CH4/c8-2(9,10)1-24-5(15,16)3(11,4(12,13)14)25-6(17,18)7(19,20)26(21,22)23;1-3(5,6)2-4;2*3-1-2(4,5)6;1-2;;;;/h1H2,(H,21,22,23);2H2,1H3;2*1H2;1H3;4*1H4. The fourth-order valence-electron chi connectivity index (χ4n) is 0.934.